The largest absolute Gasteiger partial charge is 0.478 e. The van der Waals surface area contributed by atoms with Crippen LogP contribution in [0.5, 0.6) is 5.88 Å². The summed E-state index contributed by atoms with van der Waals surface area (Å²) in [5, 5.41) is 2.82. The van der Waals surface area contributed by atoms with Crippen molar-refractivity contribution in [2.45, 2.75) is 6.92 Å². The number of rotatable bonds is 4. The average molecular weight is 358 g/mol. The molecule has 104 valence electrons. The van der Waals surface area contributed by atoms with Crippen LogP contribution >= 0.6 is 27.5 Å². The van der Waals surface area contributed by atoms with E-state index in [4.69, 9.17) is 16.3 Å². The standard InChI is InChI=1S/C12H10BrClN4O2/c1-2-20-9-5-3-4-7(16-9)12(19)18-11-10(13)17-8(14)6-15-11/h3-6H,2H2,1H3,(H,15,18,19). The predicted octanol–water partition coefficient (Wildman–Crippen LogP) is 2.94. The number of aromatic nitrogens is 3. The number of pyridine rings is 1. The highest BCUT2D eigenvalue weighted by atomic mass is 79.9. The highest BCUT2D eigenvalue weighted by Crippen LogP contribution is 2.19. The number of hydrogen-bond donors (Lipinski definition) is 1. The van der Waals surface area contributed by atoms with Gasteiger partial charge in [0.15, 0.2) is 10.4 Å². The van der Waals surface area contributed by atoms with Crippen LogP contribution in [0.25, 0.3) is 0 Å². The molecule has 0 saturated heterocycles. The van der Waals surface area contributed by atoms with Crippen LogP contribution in [0.2, 0.25) is 5.15 Å². The molecule has 20 heavy (non-hydrogen) atoms. The van der Waals surface area contributed by atoms with Gasteiger partial charge in [-0.15, -0.1) is 0 Å². The number of amides is 1. The maximum atomic E-state index is 12.1. The summed E-state index contributed by atoms with van der Waals surface area (Å²) in [6.45, 7) is 2.32. The van der Waals surface area contributed by atoms with Gasteiger partial charge in [0.05, 0.1) is 12.8 Å². The summed E-state index contributed by atoms with van der Waals surface area (Å²) < 4.78 is 5.59. The lowest BCUT2D eigenvalue weighted by molar-refractivity contribution is 0.102. The van der Waals surface area contributed by atoms with Crippen LogP contribution in [0, 0.1) is 0 Å². The van der Waals surface area contributed by atoms with Gasteiger partial charge in [-0.25, -0.2) is 15.0 Å². The van der Waals surface area contributed by atoms with Crippen molar-refractivity contribution in [2.75, 3.05) is 11.9 Å². The smallest absolute Gasteiger partial charge is 0.275 e. The first kappa shape index (κ1) is 14.7. The van der Waals surface area contributed by atoms with E-state index < -0.39 is 5.91 Å². The quantitative estimate of drug-likeness (QED) is 0.910. The number of nitrogens with zero attached hydrogens (tertiary/aromatic N) is 3. The summed E-state index contributed by atoms with van der Waals surface area (Å²) in [5.41, 5.74) is 0.222. The molecule has 2 aromatic heterocycles. The Labute approximate surface area is 128 Å². The lowest BCUT2D eigenvalue weighted by atomic mass is 10.3. The maximum Gasteiger partial charge on any atom is 0.275 e. The lowest BCUT2D eigenvalue weighted by Crippen LogP contribution is -2.15. The van der Waals surface area contributed by atoms with E-state index in [9.17, 15) is 4.79 Å². The fourth-order valence-corrected chi connectivity index (χ4v) is 2.00. The Morgan fingerprint density at radius 1 is 1.45 bits per heavy atom. The SMILES string of the molecule is CCOc1cccc(C(=O)Nc2ncc(Cl)nc2Br)n1. The highest BCUT2D eigenvalue weighted by Gasteiger charge is 2.12. The molecule has 0 aromatic carbocycles. The number of hydrogen-bond acceptors (Lipinski definition) is 5. The van der Waals surface area contributed by atoms with Crippen molar-refractivity contribution in [3.63, 3.8) is 0 Å². The molecule has 1 N–H and O–H groups in total. The molecule has 6 nitrogen and oxygen atoms in total. The fraction of sp³-hybridized carbons (Fsp3) is 0.167. The number of carbonyl (C=O) groups is 1. The number of nitrogens with one attached hydrogen (secondary N) is 1. The maximum absolute atomic E-state index is 12.1. The predicted molar refractivity (Wildman–Crippen MR) is 78.1 cm³/mol. The van der Waals surface area contributed by atoms with Crippen molar-refractivity contribution >= 4 is 39.3 Å². The molecule has 0 saturated carbocycles. The molecule has 0 spiro atoms. The van der Waals surface area contributed by atoms with E-state index in [0.717, 1.165) is 0 Å². The van der Waals surface area contributed by atoms with Gasteiger partial charge >= 0.3 is 0 Å². The third-order valence-corrected chi connectivity index (χ3v) is 2.92. The molecule has 2 heterocycles. The van der Waals surface area contributed by atoms with Gasteiger partial charge in [-0.1, -0.05) is 17.7 Å². The molecule has 0 fully saturated rings. The van der Waals surface area contributed by atoms with Crippen LogP contribution < -0.4 is 10.1 Å². The molecule has 2 rings (SSSR count). The molecule has 0 unspecified atom stereocenters. The minimum absolute atomic E-state index is 0.222. The van der Waals surface area contributed by atoms with E-state index in [1.807, 2.05) is 6.92 Å². The van der Waals surface area contributed by atoms with Gasteiger partial charge in [0.25, 0.3) is 5.91 Å². The first-order valence-corrected chi connectivity index (χ1v) is 6.86. The van der Waals surface area contributed by atoms with Crippen molar-refractivity contribution in [2.24, 2.45) is 0 Å². The van der Waals surface area contributed by atoms with E-state index in [1.165, 1.54) is 6.20 Å². The van der Waals surface area contributed by atoms with Gasteiger partial charge in [0, 0.05) is 6.07 Å². The Morgan fingerprint density at radius 2 is 2.25 bits per heavy atom. The third kappa shape index (κ3) is 3.64. The van der Waals surface area contributed by atoms with Gasteiger partial charge in [0.2, 0.25) is 5.88 Å². The first-order chi connectivity index (χ1) is 9.60. The van der Waals surface area contributed by atoms with Crippen LogP contribution in [0.15, 0.2) is 29.0 Å². The molecule has 0 atom stereocenters. The molecule has 8 heteroatoms. The van der Waals surface area contributed by atoms with Crippen molar-refractivity contribution in [1.29, 1.82) is 0 Å². The second kappa shape index (κ2) is 6.62. The summed E-state index contributed by atoms with van der Waals surface area (Å²) in [7, 11) is 0. The van der Waals surface area contributed by atoms with Gasteiger partial charge in [-0.2, -0.15) is 0 Å². The van der Waals surface area contributed by atoms with Crippen LogP contribution in [0.3, 0.4) is 0 Å². The first-order valence-electron chi connectivity index (χ1n) is 5.69. The second-order valence-electron chi connectivity index (χ2n) is 3.58. The van der Waals surface area contributed by atoms with Crippen LogP contribution in [-0.4, -0.2) is 27.5 Å². The van der Waals surface area contributed by atoms with Gasteiger partial charge in [0.1, 0.15) is 10.8 Å². The number of ether oxygens (including phenoxy) is 1. The lowest BCUT2D eigenvalue weighted by Gasteiger charge is -2.07. The van der Waals surface area contributed by atoms with E-state index in [0.29, 0.717) is 17.1 Å². The zero-order chi connectivity index (χ0) is 14.5. The molecule has 0 radical (unpaired) electrons. The molecule has 0 aliphatic carbocycles. The van der Waals surface area contributed by atoms with Crippen molar-refractivity contribution < 1.29 is 9.53 Å². The van der Waals surface area contributed by atoms with E-state index in [1.54, 1.807) is 18.2 Å². The molecular weight excluding hydrogens is 348 g/mol. The summed E-state index contributed by atoms with van der Waals surface area (Å²) in [6, 6.07) is 4.95. The summed E-state index contributed by atoms with van der Waals surface area (Å²) in [6.07, 6.45) is 1.34. The molecule has 0 aliphatic rings. The summed E-state index contributed by atoms with van der Waals surface area (Å²) in [4.78, 5) is 24.0. The van der Waals surface area contributed by atoms with Crippen LogP contribution in [-0.2, 0) is 0 Å². The third-order valence-electron chi connectivity index (χ3n) is 2.18. The van der Waals surface area contributed by atoms with E-state index in [-0.39, 0.29) is 16.7 Å². The monoisotopic (exact) mass is 356 g/mol. The van der Waals surface area contributed by atoms with Crippen LogP contribution in [0.4, 0.5) is 5.82 Å². The molecule has 0 bridgehead atoms. The van der Waals surface area contributed by atoms with Crippen molar-refractivity contribution in [3.8, 4) is 5.88 Å². The zero-order valence-electron chi connectivity index (χ0n) is 10.4. The Bertz CT molecular complexity index is 639. The topological polar surface area (TPSA) is 77.0 Å². The Kier molecular flexibility index (Phi) is 4.86. The zero-order valence-corrected chi connectivity index (χ0v) is 12.8. The Balaban J connectivity index is 2.17. The summed E-state index contributed by atoms with van der Waals surface area (Å²) in [5.74, 6) is 0.244. The molecular formula is C12H10BrClN4O2. The minimum atomic E-state index is -0.413. The molecule has 2 aromatic rings. The second-order valence-corrected chi connectivity index (χ2v) is 4.72. The Morgan fingerprint density at radius 3 is 2.95 bits per heavy atom. The minimum Gasteiger partial charge on any atom is -0.478 e. The number of carbonyl (C=O) groups excluding carboxylic acids is 1. The van der Waals surface area contributed by atoms with Gasteiger partial charge < -0.3 is 10.1 Å². The number of anilines is 1. The normalized spacial score (nSPS) is 10.2. The van der Waals surface area contributed by atoms with Gasteiger partial charge in [-0.05, 0) is 28.9 Å². The number of halogens is 2. The van der Waals surface area contributed by atoms with E-state index in [2.05, 4.69) is 36.2 Å². The molecule has 0 aliphatic heterocycles. The van der Waals surface area contributed by atoms with Crippen LogP contribution in [0.1, 0.15) is 17.4 Å². The average Bonchev–Trinajstić information content (AvgIpc) is 2.42. The molecule has 1 amide bonds. The van der Waals surface area contributed by atoms with Crippen molar-refractivity contribution in [1.82, 2.24) is 15.0 Å². The highest BCUT2D eigenvalue weighted by molar-refractivity contribution is 9.10. The van der Waals surface area contributed by atoms with E-state index >= 15 is 0 Å². The van der Waals surface area contributed by atoms with Gasteiger partial charge in [-0.3, -0.25) is 4.79 Å². The Hall–Kier alpha value is -1.73. The van der Waals surface area contributed by atoms with Crippen molar-refractivity contribution in [3.05, 3.63) is 39.8 Å². The summed E-state index contributed by atoms with van der Waals surface area (Å²) >= 11 is 8.85. The fourth-order valence-electron chi connectivity index (χ4n) is 1.37.